The Morgan fingerprint density at radius 2 is 2.36 bits per heavy atom. The highest BCUT2D eigenvalue weighted by molar-refractivity contribution is 8.04. The highest BCUT2D eigenvalue weighted by atomic mass is 32.2. The van der Waals surface area contributed by atoms with Crippen LogP contribution in [-0.2, 0) is 6.42 Å². The number of pyridine rings is 1. The standard InChI is InChI=1S/C11H10N2S/c1-9-7-12-5-2-3-10-4-6-13-8-11(10)14-9/h2,4-8H,1,3H2/b5-2-,12-7?. The summed E-state index contributed by atoms with van der Waals surface area (Å²) in [5.74, 6) is 0. The van der Waals surface area contributed by atoms with Crippen molar-refractivity contribution in [2.24, 2.45) is 4.99 Å². The molecule has 2 rings (SSSR count). The first-order chi connectivity index (χ1) is 6.86. The molecule has 0 amide bonds. The molecule has 0 radical (unpaired) electrons. The Morgan fingerprint density at radius 3 is 3.29 bits per heavy atom. The highest BCUT2D eigenvalue weighted by Gasteiger charge is 2.03. The molecule has 1 aromatic heterocycles. The number of nitrogens with zero attached hydrogens (tertiary/aromatic N) is 2. The topological polar surface area (TPSA) is 25.2 Å². The highest BCUT2D eigenvalue weighted by Crippen LogP contribution is 2.27. The number of aromatic nitrogens is 1. The summed E-state index contributed by atoms with van der Waals surface area (Å²) in [4.78, 5) is 10.3. The third kappa shape index (κ3) is 2.12. The van der Waals surface area contributed by atoms with E-state index in [4.69, 9.17) is 0 Å². The van der Waals surface area contributed by atoms with E-state index in [2.05, 4.69) is 16.6 Å². The number of fused-ring (bicyclic) bond motifs is 1. The van der Waals surface area contributed by atoms with Crippen molar-refractivity contribution in [3.63, 3.8) is 0 Å². The Hall–Kier alpha value is -1.35. The van der Waals surface area contributed by atoms with Crippen molar-refractivity contribution < 1.29 is 0 Å². The van der Waals surface area contributed by atoms with Crippen molar-refractivity contribution >= 4 is 18.0 Å². The van der Waals surface area contributed by atoms with Gasteiger partial charge in [-0.05, 0) is 18.1 Å². The fourth-order valence-corrected chi connectivity index (χ4v) is 2.00. The zero-order chi connectivity index (χ0) is 9.80. The smallest absolute Gasteiger partial charge is 0.0410 e. The molecule has 0 fully saturated rings. The molecule has 70 valence electrons. The second-order valence-electron chi connectivity index (χ2n) is 2.92. The maximum atomic E-state index is 4.11. The van der Waals surface area contributed by atoms with Crippen LogP contribution in [0.15, 0.2) is 52.1 Å². The normalized spacial score (nSPS) is 17.9. The monoisotopic (exact) mass is 202 g/mol. The van der Waals surface area contributed by atoms with Crippen molar-refractivity contribution in [3.8, 4) is 0 Å². The molecule has 2 heterocycles. The summed E-state index contributed by atoms with van der Waals surface area (Å²) >= 11 is 1.61. The Labute approximate surface area is 87.5 Å². The van der Waals surface area contributed by atoms with Crippen LogP contribution in [0.3, 0.4) is 0 Å². The number of aliphatic imine (C=N–C) groups is 1. The van der Waals surface area contributed by atoms with E-state index in [9.17, 15) is 0 Å². The van der Waals surface area contributed by atoms with Gasteiger partial charge in [-0.15, -0.1) is 0 Å². The van der Waals surface area contributed by atoms with E-state index in [1.807, 2.05) is 24.5 Å². The van der Waals surface area contributed by atoms with Crippen LogP contribution in [0.5, 0.6) is 0 Å². The molecule has 0 spiro atoms. The third-order valence-corrected chi connectivity index (χ3v) is 2.81. The summed E-state index contributed by atoms with van der Waals surface area (Å²) in [6.07, 6.45) is 10.2. The van der Waals surface area contributed by atoms with E-state index in [-0.39, 0.29) is 0 Å². The minimum atomic E-state index is 0.898. The molecule has 3 heteroatoms. The minimum Gasteiger partial charge on any atom is -0.264 e. The Bertz CT molecular complexity index is 408. The van der Waals surface area contributed by atoms with E-state index < -0.39 is 0 Å². The van der Waals surface area contributed by atoms with Gasteiger partial charge in [0.05, 0.1) is 0 Å². The summed E-state index contributed by atoms with van der Waals surface area (Å²) in [7, 11) is 0. The van der Waals surface area contributed by atoms with Gasteiger partial charge in [-0.25, -0.2) is 0 Å². The van der Waals surface area contributed by atoms with E-state index in [0.717, 1.165) is 16.2 Å². The molecule has 1 aliphatic heterocycles. The summed E-state index contributed by atoms with van der Waals surface area (Å²) < 4.78 is 0. The number of hydrogen-bond acceptors (Lipinski definition) is 3. The van der Waals surface area contributed by atoms with Crippen molar-refractivity contribution in [2.75, 3.05) is 0 Å². The molecule has 0 saturated heterocycles. The van der Waals surface area contributed by atoms with Crippen molar-refractivity contribution in [3.05, 3.63) is 47.8 Å². The van der Waals surface area contributed by atoms with Crippen molar-refractivity contribution in [1.29, 1.82) is 0 Å². The number of rotatable bonds is 0. The van der Waals surface area contributed by atoms with Crippen LogP contribution in [0.25, 0.3) is 0 Å². The summed E-state index contributed by atoms with van der Waals surface area (Å²) in [6, 6.07) is 2.03. The SMILES string of the molecule is C=C1C=N/C=C\Cc2ccncc2S1. The van der Waals surface area contributed by atoms with Gasteiger partial charge in [0.25, 0.3) is 0 Å². The maximum Gasteiger partial charge on any atom is 0.0410 e. The molecular weight excluding hydrogens is 192 g/mol. The summed E-state index contributed by atoms with van der Waals surface area (Å²) in [6.45, 7) is 3.91. The second-order valence-corrected chi connectivity index (χ2v) is 4.09. The number of thioether (sulfide) groups is 1. The Morgan fingerprint density at radius 1 is 1.43 bits per heavy atom. The van der Waals surface area contributed by atoms with Crippen LogP contribution in [0.2, 0.25) is 0 Å². The lowest BCUT2D eigenvalue weighted by Gasteiger charge is -2.04. The van der Waals surface area contributed by atoms with Crippen LogP contribution in [0, 0.1) is 0 Å². The molecule has 0 bridgehead atoms. The van der Waals surface area contributed by atoms with Gasteiger partial charge in [0.1, 0.15) is 0 Å². The van der Waals surface area contributed by atoms with Gasteiger partial charge < -0.3 is 0 Å². The van der Waals surface area contributed by atoms with Crippen LogP contribution in [0.1, 0.15) is 5.56 Å². The molecule has 1 aromatic rings. The first kappa shape index (κ1) is 9.21. The summed E-state index contributed by atoms with van der Waals surface area (Å²) in [5, 5.41) is 0. The molecule has 0 N–H and O–H groups in total. The lowest BCUT2D eigenvalue weighted by atomic mass is 10.2. The Balaban J connectivity index is 2.39. The average molecular weight is 202 g/mol. The molecule has 2 nitrogen and oxygen atoms in total. The number of allylic oxidation sites excluding steroid dienone is 2. The fraction of sp³-hybridized carbons (Fsp3) is 0.0909. The predicted molar refractivity (Wildman–Crippen MR) is 60.6 cm³/mol. The Kier molecular flexibility index (Phi) is 2.79. The van der Waals surface area contributed by atoms with Gasteiger partial charge in [0.2, 0.25) is 0 Å². The van der Waals surface area contributed by atoms with Crippen LogP contribution < -0.4 is 0 Å². The zero-order valence-corrected chi connectivity index (χ0v) is 8.50. The van der Waals surface area contributed by atoms with E-state index in [1.165, 1.54) is 5.56 Å². The lowest BCUT2D eigenvalue weighted by Crippen LogP contribution is -1.87. The van der Waals surface area contributed by atoms with Gasteiger partial charge in [0.15, 0.2) is 0 Å². The average Bonchev–Trinajstić information content (AvgIpc) is 2.27. The molecular formula is C11H10N2S. The second kappa shape index (κ2) is 4.24. The van der Waals surface area contributed by atoms with Gasteiger partial charge >= 0.3 is 0 Å². The quantitative estimate of drug-likeness (QED) is 0.646. The molecule has 14 heavy (non-hydrogen) atoms. The first-order valence-corrected chi connectivity index (χ1v) is 5.16. The number of hydrogen-bond donors (Lipinski definition) is 0. The van der Waals surface area contributed by atoms with Gasteiger partial charge in [-0.1, -0.05) is 24.4 Å². The minimum absolute atomic E-state index is 0.898. The maximum absolute atomic E-state index is 4.11. The van der Waals surface area contributed by atoms with E-state index in [1.54, 1.807) is 24.2 Å². The molecule has 1 aliphatic rings. The lowest BCUT2D eigenvalue weighted by molar-refractivity contribution is 1.11. The van der Waals surface area contributed by atoms with Crippen LogP contribution in [-0.4, -0.2) is 11.2 Å². The molecule has 0 saturated carbocycles. The largest absolute Gasteiger partial charge is 0.264 e. The molecule has 0 aromatic carbocycles. The van der Waals surface area contributed by atoms with E-state index >= 15 is 0 Å². The van der Waals surface area contributed by atoms with Gasteiger partial charge in [0, 0.05) is 34.6 Å². The van der Waals surface area contributed by atoms with Crippen molar-refractivity contribution in [2.45, 2.75) is 11.3 Å². The fourth-order valence-electron chi connectivity index (χ4n) is 1.20. The van der Waals surface area contributed by atoms with Crippen LogP contribution >= 0.6 is 11.8 Å². The van der Waals surface area contributed by atoms with E-state index in [0.29, 0.717) is 0 Å². The molecule has 0 atom stereocenters. The zero-order valence-electron chi connectivity index (χ0n) is 7.68. The van der Waals surface area contributed by atoms with Gasteiger partial charge in [-0.3, -0.25) is 9.98 Å². The van der Waals surface area contributed by atoms with Crippen molar-refractivity contribution in [1.82, 2.24) is 4.98 Å². The molecule has 0 aliphatic carbocycles. The summed E-state index contributed by atoms with van der Waals surface area (Å²) in [5.41, 5.74) is 1.27. The predicted octanol–water partition coefficient (Wildman–Crippen LogP) is 2.83. The first-order valence-electron chi connectivity index (χ1n) is 4.34. The van der Waals surface area contributed by atoms with Crippen LogP contribution in [0.4, 0.5) is 0 Å². The molecule has 0 unspecified atom stereocenters. The third-order valence-electron chi connectivity index (χ3n) is 1.86. The van der Waals surface area contributed by atoms with Gasteiger partial charge in [-0.2, -0.15) is 0 Å².